The van der Waals surface area contributed by atoms with Gasteiger partial charge in [0.1, 0.15) is 20.1 Å². The summed E-state index contributed by atoms with van der Waals surface area (Å²) in [7, 11) is 0. The molecule has 10 fully saturated rings. The molecule has 42 heavy (non-hydrogen) atoms. The molecule has 4 saturated heterocycles. The standard InChI is InChI=1S/C39H63B3/c1-4-19-31-25(13-1)28-16-7-10-22-34(28)40-37(31)41-35-23-11-8-17-29(35)26-14-3-6-21-33(26)39(41)42-36-24-12-9-18-30(36)27-15-2-5-20-32(27)38(40)42/h25-39H,1-24H2. The first kappa shape index (κ1) is 27.3. The lowest BCUT2D eigenvalue weighted by molar-refractivity contribution is 0.0790. The molecule has 0 amide bonds. The van der Waals surface area contributed by atoms with Crippen molar-refractivity contribution in [3.05, 3.63) is 0 Å². The lowest BCUT2D eigenvalue weighted by atomic mass is 8.87. The van der Waals surface area contributed by atoms with E-state index >= 15 is 0 Å². The third-order valence-electron chi connectivity index (χ3n) is 18.5. The van der Waals surface area contributed by atoms with Gasteiger partial charge in [0.25, 0.3) is 0 Å². The monoisotopic (exact) mass is 565 g/mol. The Bertz CT molecular complexity index is 782. The molecule has 0 N–H and O–H groups in total. The first-order chi connectivity index (χ1) is 20.9. The molecular weight excluding hydrogens is 501 g/mol. The highest BCUT2D eigenvalue weighted by atomic mass is 14.6. The number of rotatable bonds is 0. The van der Waals surface area contributed by atoms with Crippen molar-refractivity contribution in [2.45, 2.75) is 189 Å². The molecule has 0 aromatic rings. The summed E-state index contributed by atoms with van der Waals surface area (Å²) in [5.74, 6) is 13.9. The van der Waals surface area contributed by atoms with Crippen LogP contribution in [0.25, 0.3) is 0 Å². The average Bonchev–Trinajstić information content (AvgIpc) is 3.07. The van der Waals surface area contributed by atoms with Gasteiger partial charge in [-0.1, -0.05) is 169 Å². The van der Waals surface area contributed by atoms with Crippen molar-refractivity contribution < 1.29 is 0 Å². The van der Waals surface area contributed by atoms with Crippen LogP contribution in [0, 0.1) is 53.3 Å². The maximum atomic E-state index is 1.67. The molecule has 0 aromatic carbocycles. The molecule has 10 aliphatic rings. The third-order valence-corrected chi connectivity index (χ3v) is 18.5. The molecule has 12 atom stereocenters. The first-order valence-corrected chi connectivity index (χ1v) is 20.9. The second-order valence-corrected chi connectivity index (χ2v) is 19.1. The summed E-state index contributed by atoms with van der Waals surface area (Å²) in [5.41, 5.74) is 3.53. The van der Waals surface area contributed by atoms with Gasteiger partial charge in [-0.15, -0.1) is 0 Å². The fraction of sp³-hybridized carbons (Fsp3) is 1.00. The SMILES string of the molecule is C1CCC2C(C1)B1C(B3C4CCCCC4C4CCCCC4C3B3C4CCCCC4C4CCCCC4C13)C1CCCCC21. The van der Waals surface area contributed by atoms with Gasteiger partial charge in [-0.3, -0.25) is 0 Å². The summed E-state index contributed by atoms with van der Waals surface area (Å²) in [4.78, 5) is 0. The number of fused-ring (bicyclic) bond motifs is 21. The highest BCUT2D eigenvalue weighted by Crippen LogP contribution is 2.75. The summed E-state index contributed by atoms with van der Waals surface area (Å²) in [6, 6.07) is 0. The van der Waals surface area contributed by atoms with Crippen LogP contribution in [-0.4, -0.2) is 20.1 Å². The molecule has 0 radical (unpaired) electrons. The predicted molar refractivity (Wildman–Crippen MR) is 182 cm³/mol. The van der Waals surface area contributed by atoms with Crippen molar-refractivity contribution in [1.29, 1.82) is 0 Å². The predicted octanol–water partition coefficient (Wildman–Crippen LogP) is 11.4. The van der Waals surface area contributed by atoms with E-state index in [9.17, 15) is 0 Å². The Morgan fingerprint density at radius 3 is 0.714 bits per heavy atom. The van der Waals surface area contributed by atoms with E-state index in [-0.39, 0.29) is 0 Å². The minimum absolute atomic E-state index is 1.15. The van der Waals surface area contributed by atoms with Crippen LogP contribution < -0.4 is 0 Å². The Morgan fingerprint density at radius 1 is 0.214 bits per heavy atom. The lowest BCUT2D eigenvalue weighted by Crippen LogP contribution is -2.72. The van der Waals surface area contributed by atoms with Gasteiger partial charge >= 0.3 is 0 Å². The second kappa shape index (κ2) is 10.9. The van der Waals surface area contributed by atoms with Crippen LogP contribution in [0.4, 0.5) is 0 Å². The molecule has 10 rings (SSSR count). The van der Waals surface area contributed by atoms with Crippen LogP contribution in [0.5, 0.6) is 0 Å². The van der Waals surface area contributed by atoms with Crippen LogP contribution in [0.15, 0.2) is 0 Å². The Labute approximate surface area is 261 Å². The molecule has 4 aliphatic heterocycles. The normalized spacial score (nSPS) is 54.9. The fourth-order valence-corrected chi connectivity index (χ4v) is 18.2. The van der Waals surface area contributed by atoms with Crippen LogP contribution in [0.2, 0.25) is 34.6 Å². The third kappa shape index (κ3) is 3.88. The van der Waals surface area contributed by atoms with Crippen molar-refractivity contribution in [3.63, 3.8) is 0 Å². The Hall–Kier alpha value is 0.195. The van der Waals surface area contributed by atoms with Gasteiger partial charge < -0.3 is 0 Å². The molecule has 0 aromatic heterocycles. The van der Waals surface area contributed by atoms with Gasteiger partial charge in [0.2, 0.25) is 0 Å². The van der Waals surface area contributed by atoms with E-state index in [1.807, 2.05) is 0 Å². The molecule has 12 unspecified atom stereocenters. The highest BCUT2D eigenvalue weighted by molar-refractivity contribution is 7.01. The largest absolute Gasteiger partial charge is 0.135 e. The van der Waals surface area contributed by atoms with Gasteiger partial charge in [-0.2, -0.15) is 0 Å². The zero-order chi connectivity index (χ0) is 27.4. The maximum Gasteiger partial charge on any atom is 0.135 e. The summed E-state index contributed by atoms with van der Waals surface area (Å²) < 4.78 is 0. The smallest absolute Gasteiger partial charge is 0.0799 e. The Balaban J connectivity index is 1.18. The molecule has 0 bridgehead atoms. The van der Waals surface area contributed by atoms with Crippen LogP contribution in [-0.2, 0) is 0 Å². The van der Waals surface area contributed by atoms with E-state index in [1.165, 1.54) is 37.3 Å². The molecule has 6 saturated carbocycles. The van der Waals surface area contributed by atoms with Crippen LogP contribution in [0.1, 0.15) is 154 Å². The molecule has 228 valence electrons. The van der Waals surface area contributed by atoms with Crippen molar-refractivity contribution >= 4 is 20.1 Å². The molecule has 6 aliphatic carbocycles. The highest BCUT2D eigenvalue weighted by Gasteiger charge is 2.72. The lowest BCUT2D eigenvalue weighted by Gasteiger charge is -2.72. The molecule has 0 nitrogen and oxygen atoms in total. The molecule has 0 spiro atoms. The van der Waals surface area contributed by atoms with Gasteiger partial charge in [-0.05, 0) is 72.5 Å². The van der Waals surface area contributed by atoms with E-state index in [2.05, 4.69) is 0 Å². The van der Waals surface area contributed by atoms with Gasteiger partial charge in [-0.25, -0.2) is 0 Å². The van der Waals surface area contributed by atoms with Gasteiger partial charge in [0, 0.05) is 0 Å². The molecule has 4 heterocycles. The van der Waals surface area contributed by atoms with E-state index in [4.69, 9.17) is 0 Å². The minimum Gasteiger partial charge on any atom is -0.0799 e. The summed E-state index contributed by atoms with van der Waals surface area (Å²) >= 11 is 0. The molecular formula is C39H63B3. The number of hydrogen-bond acceptors (Lipinski definition) is 0. The van der Waals surface area contributed by atoms with Crippen LogP contribution >= 0.6 is 0 Å². The quantitative estimate of drug-likeness (QED) is 0.257. The number of hydrogen-bond donors (Lipinski definition) is 0. The maximum absolute atomic E-state index is 1.67. The van der Waals surface area contributed by atoms with E-state index < -0.39 is 0 Å². The Kier molecular flexibility index (Phi) is 7.08. The van der Waals surface area contributed by atoms with E-state index in [0.29, 0.717) is 0 Å². The van der Waals surface area contributed by atoms with Crippen molar-refractivity contribution in [2.75, 3.05) is 0 Å². The van der Waals surface area contributed by atoms with Crippen LogP contribution in [0.3, 0.4) is 0 Å². The Morgan fingerprint density at radius 2 is 0.429 bits per heavy atom. The van der Waals surface area contributed by atoms with Crippen molar-refractivity contribution in [3.8, 4) is 0 Å². The topological polar surface area (TPSA) is 0 Å². The molecule has 3 heteroatoms. The van der Waals surface area contributed by atoms with E-state index in [1.54, 1.807) is 154 Å². The average molecular weight is 564 g/mol. The zero-order valence-electron chi connectivity index (χ0n) is 27.4. The second-order valence-electron chi connectivity index (χ2n) is 19.1. The van der Waals surface area contributed by atoms with Gasteiger partial charge in [0.15, 0.2) is 0 Å². The van der Waals surface area contributed by atoms with E-state index in [0.717, 1.165) is 70.7 Å². The minimum atomic E-state index is 1.15. The van der Waals surface area contributed by atoms with Gasteiger partial charge in [0.05, 0.1) is 0 Å². The summed E-state index contributed by atoms with van der Waals surface area (Å²) in [6.45, 7) is 3.53. The first-order valence-electron chi connectivity index (χ1n) is 20.9. The summed E-state index contributed by atoms with van der Waals surface area (Å²) in [6.07, 6.45) is 39.1. The zero-order valence-corrected chi connectivity index (χ0v) is 27.4. The van der Waals surface area contributed by atoms with Crippen molar-refractivity contribution in [1.82, 2.24) is 0 Å². The fourth-order valence-electron chi connectivity index (χ4n) is 18.2. The van der Waals surface area contributed by atoms with Crippen molar-refractivity contribution in [2.24, 2.45) is 53.3 Å². The summed E-state index contributed by atoms with van der Waals surface area (Å²) in [5, 5.41) is 0.